The molecule has 0 fully saturated rings. The minimum absolute atomic E-state index is 0.189. The molecule has 2 aromatic carbocycles. The van der Waals surface area contributed by atoms with Crippen LogP contribution in [0.4, 0.5) is 0 Å². The molecule has 0 amide bonds. The largest absolute Gasteiger partial charge is 0.497 e. The lowest BCUT2D eigenvalue weighted by Crippen LogP contribution is -2.46. The predicted octanol–water partition coefficient (Wildman–Crippen LogP) is 1.06. The van der Waals surface area contributed by atoms with Gasteiger partial charge in [0.25, 0.3) is 11.1 Å². The summed E-state index contributed by atoms with van der Waals surface area (Å²) in [7, 11) is 5.64. The first-order valence-corrected chi connectivity index (χ1v) is 10.0. The molecule has 1 heterocycles. The Hall–Kier alpha value is -3.58. The quantitative estimate of drug-likeness (QED) is 0.531. The highest BCUT2D eigenvalue weighted by Crippen LogP contribution is 2.13. The molecule has 7 nitrogen and oxygen atoms in total. The van der Waals surface area contributed by atoms with Crippen LogP contribution >= 0.6 is 0 Å². The van der Waals surface area contributed by atoms with Gasteiger partial charge in [0.15, 0.2) is 0 Å². The molecule has 31 heavy (non-hydrogen) atoms. The summed E-state index contributed by atoms with van der Waals surface area (Å²) >= 11 is 0. The Morgan fingerprint density at radius 1 is 0.806 bits per heavy atom. The lowest BCUT2D eigenvalue weighted by molar-refractivity contribution is 0.281. The number of benzene rings is 2. The number of nitrogens with one attached hydrogen (secondary N) is 2. The highest BCUT2D eigenvalue weighted by molar-refractivity contribution is 5.51. The summed E-state index contributed by atoms with van der Waals surface area (Å²) < 4.78 is 10.8. The van der Waals surface area contributed by atoms with E-state index in [0.717, 1.165) is 35.6 Å². The van der Waals surface area contributed by atoms with Crippen molar-refractivity contribution in [1.29, 1.82) is 0 Å². The number of methoxy groups -OCH3 is 1. The van der Waals surface area contributed by atoms with Crippen molar-refractivity contribution >= 4 is 12.2 Å². The molecule has 0 saturated heterocycles. The molecule has 0 bridgehead atoms. The van der Waals surface area contributed by atoms with Crippen molar-refractivity contribution in [2.45, 2.75) is 6.42 Å². The molecule has 7 heteroatoms. The fraction of sp³-hybridized carbons (Fsp3) is 0.250. The third kappa shape index (κ3) is 6.45. The third-order valence-electron chi connectivity index (χ3n) is 4.62. The monoisotopic (exact) mass is 421 g/mol. The first kappa shape index (κ1) is 22.1. The Balaban J connectivity index is 1.78. The van der Waals surface area contributed by atoms with E-state index in [1.54, 1.807) is 43.5 Å². The molecule has 1 aromatic heterocycles. The van der Waals surface area contributed by atoms with Gasteiger partial charge in [-0.15, -0.1) is 0 Å². The molecule has 2 N–H and O–H groups in total. The van der Waals surface area contributed by atoms with Gasteiger partial charge in [0.05, 0.1) is 13.7 Å². The Labute approximate surface area is 180 Å². The predicted molar refractivity (Wildman–Crippen MR) is 122 cm³/mol. The first-order chi connectivity index (χ1) is 14.9. The van der Waals surface area contributed by atoms with Crippen molar-refractivity contribution in [3.8, 4) is 11.5 Å². The van der Waals surface area contributed by atoms with E-state index in [2.05, 4.69) is 14.9 Å². The van der Waals surface area contributed by atoms with Crippen LogP contribution in [0.5, 0.6) is 11.5 Å². The molecule has 0 unspecified atom stereocenters. The van der Waals surface area contributed by atoms with Crippen LogP contribution in [0.3, 0.4) is 0 Å². The Morgan fingerprint density at radius 2 is 1.29 bits per heavy atom. The van der Waals surface area contributed by atoms with E-state index in [9.17, 15) is 9.59 Å². The number of aromatic nitrogens is 2. The van der Waals surface area contributed by atoms with E-state index in [-0.39, 0.29) is 21.8 Å². The van der Waals surface area contributed by atoms with Gasteiger partial charge in [0.2, 0.25) is 0 Å². The van der Waals surface area contributed by atoms with Gasteiger partial charge >= 0.3 is 0 Å². The zero-order chi connectivity index (χ0) is 22.2. The number of ether oxygens (including phenoxy) is 2. The zero-order valence-corrected chi connectivity index (χ0v) is 18.0. The fourth-order valence-corrected chi connectivity index (χ4v) is 2.96. The Kier molecular flexibility index (Phi) is 7.45. The number of aromatic amines is 2. The van der Waals surface area contributed by atoms with Crippen LogP contribution in [0.1, 0.15) is 17.5 Å². The lowest BCUT2D eigenvalue weighted by atomic mass is 10.2. The number of rotatable bonds is 8. The van der Waals surface area contributed by atoms with E-state index >= 15 is 0 Å². The van der Waals surface area contributed by atoms with Gasteiger partial charge in [-0.1, -0.05) is 24.3 Å². The molecule has 0 aliphatic carbocycles. The Bertz CT molecular complexity index is 1220. The maximum atomic E-state index is 12.5. The van der Waals surface area contributed by atoms with Gasteiger partial charge in [0, 0.05) is 6.54 Å². The molecule has 0 aliphatic heterocycles. The molecule has 0 radical (unpaired) electrons. The van der Waals surface area contributed by atoms with Crippen molar-refractivity contribution in [2.24, 2.45) is 0 Å². The number of hydrogen-bond donors (Lipinski definition) is 2. The van der Waals surface area contributed by atoms with Gasteiger partial charge in [0.1, 0.15) is 22.2 Å². The topological polar surface area (TPSA) is 87.4 Å². The fourth-order valence-electron chi connectivity index (χ4n) is 2.96. The summed E-state index contributed by atoms with van der Waals surface area (Å²) in [4.78, 5) is 32.3. The van der Waals surface area contributed by atoms with Crippen LogP contribution in [-0.4, -0.2) is 49.2 Å². The van der Waals surface area contributed by atoms with Crippen LogP contribution in [0, 0.1) is 0 Å². The first-order valence-electron chi connectivity index (χ1n) is 10.0. The van der Waals surface area contributed by atoms with E-state index in [0.29, 0.717) is 6.61 Å². The average Bonchev–Trinajstić information content (AvgIpc) is 2.76. The SMILES string of the molecule is COc1ccc(C=c2[nH]c(=O)c(=Cc3ccc(OCCCN(C)C)cc3)[nH]c2=O)cc1. The second-order valence-corrected chi connectivity index (χ2v) is 7.37. The average molecular weight is 421 g/mol. The minimum Gasteiger partial charge on any atom is -0.497 e. The summed E-state index contributed by atoms with van der Waals surface area (Å²) in [5.74, 6) is 1.48. The molecular weight excluding hydrogens is 394 g/mol. The normalized spacial score (nSPS) is 12.4. The highest BCUT2D eigenvalue weighted by atomic mass is 16.5. The van der Waals surface area contributed by atoms with Crippen LogP contribution in [0.15, 0.2) is 58.1 Å². The number of H-pyrrole nitrogens is 2. The minimum atomic E-state index is -0.373. The Morgan fingerprint density at radius 3 is 1.74 bits per heavy atom. The van der Waals surface area contributed by atoms with E-state index in [1.165, 1.54) is 0 Å². The van der Waals surface area contributed by atoms with Crippen molar-refractivity contribution in [1.82, 2.24) is 14.9 Å². The maximum Gasteiger partial charge on any atom is 0.272 e. The van der Waals surface area contributed by atoms with E-state index in [1.807, 2.05) is 38.4 Å². The molecule has 0 aliphatic rings. The van der Waals surface area contributed by atoms with E-state index < -0.39 is 0 Å². The maximum absolute atomic E-state index is 12.5. The molecule has 0 spiro atoms. The van der Waals surface area contributed by atoms with Crippen molar-refractivity contribution in [2.75, 3.05) is 34.4 Å². The van der Waals surface area contributed by atoms with Gasteiger partial charge in [-0.25, -0.2) is 0 Å². The second-order valence-electron chi connectivity index (χ2n) is 7.37. The lowest BCUT2D eigenvalue weighted by Gasteiger charge is -2.10. The third-order valence-corrected chi connectivity index (χ3v) is 4.62. The van der Waals surface area contributed by atoms with E-state index in [4.69, 9.17) is 9.47 Å². The molecule has 0 atom stereocenters. The molecule has 3 rings (SSSR count). The van der Waals surface area contributed by atoms with Crippen molar-refractivity contribution in [3.63, 3.8) is 0 Å². The number of hydrogen-bond acceptors (Lipinski definition) is 5. The van der Waals surface area contributed by atoms with Crippen LogP contribution < -0.4 is 31.3 Å². The smallest absolute Gasteiger partial charge is 0.272 e. The summed E-state index contributed by atoms with van der Waals surface area (Å²) in [6.07, 6.45) is 4.19. The number of nitrogens with zero attached hydrogens (tertiary/aromatic N) is 1. The van der Waals surface area contributed by atoms with Gasteiger partial charge < -0.3 is 24.3 Å². The van der Waals surface area contributed by atoms with Gasteiger partial charge in [-0.05, 0) is 68.1 Å². The highest BCUT2D eigenvalue weighted by Gasteiger charge is 1.99. The molecule has 162 valence electrons. The molecule has 0 saturated carbocycles. The van der Waals surface area contributed by atoms with Crippen molar-refractivity contribution in [3.05, 3.63) is 91.1 Å². The van der Waals surface area contributed by atoms with Crippen molar-refractivity contribution < 1.29 is 9.47 Å². The van der Waals surface area contributed by atoms with Crippen LogP contribution in [0.2, 0.25) is 0 Å². The standard InChI is InChI=1S/C24H27N3O4/c1-27(2)13-4-14-31-20-11-7-18(8-12-20)16-22-24(29)25-21(23(28)26-22)15-17-5-9-19(30-3)10-6-17/h5-12,15-16H,4,13-14H2,1-3H3,(H,25,29)(H,26,28). The van der Waals surface area contributed by atoms with Gasteiger partial charge in [-0.2, -0.15) is 0 Å². The second kappa shape index (κ2) is 10.4. The van der Waals surface area contributed by atoms with Crippen LogP contribution in [0.25, 0.3) is 12.2 Å². The summed E-state index contributed by atoms with van der Waals surface area (Å²) in [6.45, 7) is 1.61. The molecule has 3 aromatic rings. The summed E-state index contributed by atoms with van der Waals surface area (Å²) in [6, 6.07) is 14.6. The zero-order valence-electron chi connectivity index (χ0n) is 18.0. The van der Waals surface area contributed by atoms with Gasteiger partial charge in [-0.3, -0.25) is 9.59 Å². The molecular formula is C24H27N3O4. The van der Waals surface area contributed by atoms with Crippen LogP contribution in [-0.2, 0) is 0 Å². The summed E-state index contributed by atoms with van der Waals surface area (Å²) in [5, 5.41) is 0.380. The summed E-state index contributed by atoms with van der Waals surface area (Å²) in [5.41, 5.74) is 0.819.